The van der Waals surface area contributed by atoms with Crippen LogP contribution in [0.2, 0.25) is 0 Å². The minimum Gasteiger partial charge on any atom is -0.324 e. The molecular formula is C18H29NO. The molecular weight excluding hydrogens is 246 g/mol. The number of carbonyl (C=O) groups is 1. The summed E-state index contributed by atoms with van der Waals surface area (Å²) >= 11 is 0. The van der Waals surface area contributed by atoms with Crippen LogP contribution in [0.3, 0.4) is 0 Å². The van der Waals surface area contributed by atoms with Crippen LogP contribution in [0, 0.1) is 0 Å². The van der Waals surface area contributed by atoms with Crippen molar-refractivity contribution in [2.24, 2.45) is 5.73 Å². The molecule has 0 aromatic heterocycles. The van der Waals surface area contributed by atoms with Crippen LogP contribution in [0.5, 0.6) is 0 Å². The van der Waals surface area contributed by atoms with Crippen LogP contribution >= 0.6 is 0 Å². The normalized spacial score (nSPS) is 12.3. The van der Waals surface area contributed by atoms with Crippen LogP contribution in [0.15, 0.2) is 30.3 Å². The summed E-state index contributed by atoms with van der Waals surface area (Å²) in [7, 11) is 0. The van der Waals surface area contributed by atoms with Gasteiger partial charge in [-0.05, 0) is 18.4 Å². The molecule has 0 aliphatic carbocycles. The van der Waals surface area contributed by atoms with Crippen molar-refractivity contribution in [3.05, 3.63) is 35.9 Å². The van der Waals surface area contributed by atoms with Gasteiger partial charge in [-0.1, -0.05) is 69.4 Å². The molecule has 2 heteroatoms. The first-order valence-corrected chi connectivity index (χ1v) is 8.06. The van der Waals surface area contributed by atoms with Crippen molar-refractivity contribution in [1.82, 2.24) is 0 Å². The lowest BCUT2D eigenvalue weighted by atomic mass is 9.99. The van der Waals surface area contributed by atoms with E-state index in [9.17, 15) is 4.79 Å². The third-order valence-corrected chi connectivity index (χ3v) is 3.77. The minimum absolute atomic E-state index is 0.00953. The molecule has 0 saturated carbocycles. The van der Waals surface area contributed by atoms with E-state index < -0.39 is 0 Å². The second-order valence-electron chi connectivity index (χ2n) is 5.61. The fraction of sp³-hybridized carbons (Fsp3) is 0.611. The van der Waals surface area contributed by atoms with E-state index in [1.165, 1.54) is 32.1 Å². The van der Waals surface area contributed by atoms with Crippen molar-refractivity contribution < 1.29 is 4.79 Å². The molecule has 0 radical (unpaired) electrons. The zero-order valence-electron chi connectivity index (χ0n) is 12.8. The molecule has 0 aliphatic rings. The van der Waals surface area contributed by atoms with Gasteiger partial charge in [0.15, 0.2) is 0 Å². The zero-order chi connectivity index (χ0) is 14.6. The standard InChI is InChI=1S/C18H29NO/c1-2-3-4-5-6-10-13-17(20)14-15-18(19)16-11-8-7-9-12-16/h7-9,11-12,18H,2-6,10,13-15,19H2,1H3. The van der Waals surface area contributed by atoms with Gasteiger partial charge in [-0.15, -0.1) is 0 Å². The zero-order valence-corrected chi connectivity index (χ0v) is 12.8. The van der Waals surface area contributed by atoms with Gasteiger partial charge >= 0.3 is 0 Å². The summed E-state index contributed by atoms with van der Waals surface area (Å²) in [5.74, 6) is 0.367. The van der Waals surface area contributed by atoms with Crippen LogP contribution < -0.4 is 5.73 Å². The number of Topliss-reactive ketones (excluding diaryl/α,β-unsaturated/α-hetero) is 1. The Labute approximate surface area is 123 Å². The van der Waals surface area contributed by atoms with Gasteiger partial charge in [0.2, 0.25) is 0 Å². The quantitative estimate of drug-likeness (QED) is 0.590. The fourth-order valence-electron chi connectivity index (χ4n) is 2.41. The SMILES string of the molecule is CCCCCCCCC(=O)CCC(N)c1ccccc1. The van der Waals surface area contributed by atoms with E-state index in [1.54, 1.807) is 0 Å². The highest BCUT2D eigenvalue weighted by molar-refractivity contribution is 5.78. The number of hydrogen-bond donors (Lipinski definition) is 1. The summed E-state index contributed by atoms with van der Waals surface area (Å²) in [5.41, 5.74) is 7.23. The maximum Gasteiger partial charge on any atom is 0.132 e. The summed E-state index contributed by atoms with van der Waals surface area (Å²) < 4.78 is 0. The molecule has 0 aliphatic heterocycles. The minimum atomic E-state index is -0.00953. The van der Waals surface area contributed by atoms with Crippen molar-refractivity contribution in [2.45, 2.75) is 70.8 Å². The van der Waals surface area contributed by atoms with Gasteiger partial charge < -0.3 is 5.73 Å². The van der Waals surface area contributed by atoms with Gasteiger partial charge in [0.25, 0.3) is 0 Å². The first-order chi connectivity index (χ1) is 9.74. The predicted molar refractivity (Wildman–Crippen MR) is 85.6 cm³/mol. The molecule has 20 heavy (non-hydrogen) atoms. The Morgan fingerprint density at radius 1 is 1.00 bits per heavy atom. The first kappa shape index (κ1) is 16.9. The molecule has 112 valence electrons. The molecule has 1 atom stereocenters. The van der Waals surface area contributed by atoms with E-state index in [0.717, 1.165) is 24.8 Å². The lowest BCUT2D eigenvalue weighted by Gasteiger charge is -2.11. The van der Waals surface area contributed by atoms with Crippen LogP contribution in [0.4, 0.5) is 0 Å². The molecule has 0 bridgehead atoms. The van der Waals surface area contributed by atoms with Crippen molar-refractivity contribution in [3.63, 3.8) is 0 Å². The average Bonchev–Trinajstić information content (AvgIpc) is 2.49. The summed E-state index contributed by atoms with van der Waals surface area (Å²) in [6.07, 6.45) is 9.52. The van der Waals surface area contributed by atoms with Crippen molar-refractivity contribution in [3.8, 4) is 0 Å². The third-order valence-electron chi connectivity index (χ3n) is 3.77. The highest BCUT2D eigenvalue weighted by Crippen LogP contribution is 2.16. The maximum atomic E-state index is 11.8. The van der Waals surface area contributed by atoms with E-state index in [0.29, 0.717) is 12.2 Å². The Bertz CT molecular complexity index is 361. The van der Waals surface area contributed by atoms with Gasteiger partial charge in [-0.2, -0.15) is 0 Å². The predicted octanol–water partition coefficient (Wildman–Crippen LogP) is 4.79. The summed E-state index contributed by atoms with van der Waals surface area (Å²) in [5, 5.41) is 0. The topological polar surface area (TPSA) is 43.1 Å². The molecule has 0 fully saturated rings. The second kappa shape index (κ2) is 10.6. The lowest BCUT2D eigenvalue weighted by Crippen LogP contribution is -2.12. The Morgan fingerprint density at radius 3 is 2.35 bits per heavy atom. The van der Waals surface area contributed by atoms with Crippen LogP contribution in [-0.4, -0.2) is 5.78 Å². The molecule has 1 aromatic rings. The van der Waals surface area contributed by atoms with Crippen molar-refractivity contribution in [2.75, 3.05) is 0 Å². The van der Waals surface area contributed by atoms with E-state index in [1.807, 2.05) is 30.3 Å². The summed E-state index contributed by atoms with van der Waals surface area (Å²) in [4.78, 5) is 11.8. The molecule has 0 heterocycles. The molecule has 0 spiro atoms. The smallest absolute Gasteiger partial charge is 0.132 e. The Morgan fingerprint density at radius 2 is 1.65 bits per heavy atom. The third kappa shape index (κ3) is 7.44. The Balaban J connectivity index is 2.08. The largest absolute Gasteiger partial charge is 0.324 e. The summed E-state index contributed by atoms with van der Waals surface area (Å²) in [6, 6.07) is 10.0. The summed E-state index contributed by atoms with van der Waals surface area (Å²) in [6.45, 7) is 2.22. The van der Waals surface area contributed by atoms with Gasteiger partial charge in [0, 0.05) is 18.9 Å². The molecule has 1 aromatic carbocycles. The molecule has 2 N–H and O–H groups in total. The number of rotatable bonds is 11. The highest BCUT2D eigenvalue weighted by Gasteiger charge is 2.08. The van der Waals surface area contributed by atoms with Crippen LogP contribution in [-0.2, 0) is 4.79 Å². The van der Waals surface area contributed by atoms with E-state index >= 15 is 0 Å². The Kier molecular flexibility index (Phi) is 8.97. The molecule has 2 nitrogen and oxygen atoms in total. The van der Waals surface area contributed by atoms with Gasteiger partial charge in [0.05, 0.1) is 0 Å². The van der Waals surface area contributed by atoms with Crippen LogP contribution in [0.1, 0.15) is 76.3 Å². The van der Waals surface area contributed by atoms with Gasteiger partial charge in [0.1, 0.15) is 5.78 Å². The number of nitrogens with two attached hydrogens (primary N) is 1. The number of carbonyl (C=O) groups excluding carboxylic acids is 1. The van der Waals surface area contributed by atoms with E-state index in [2.05, 4.69) is 6.92 Å². The van der Waals surface area contributed by atoms with Crippen LogP contribution in [0.25, 0.3) is 0 Å². The monoisotopic (exact) mass is 275 g/mol. The molecule has 1 rings (SSSR count). The number of benzene rings is 1. The first-order valence-electron chi connectivity index (χ1n) is 8.06. The lowest BCUT2D eigenvalue weighted by molar-refractivity contribution is -0.119. The van der Waals surface area contributed by atoms with Gasteiger partial charge in [-0.25, -0.2) is 0 Å². The molecule has 0 amide bonds. The van der Waals surface area contributed by atoms with Gasteiger partial charge in [-0.3, -0.25) is 4.79 Å². The molecule has 0 saturated heterocycles. The fourth-order valence-corrected chi connectivity index (χ4v) is 2.41. The number of hydrogen-bond acceptors (Lipinski definition) is 2. The van der Waals surface area contributed by atoms with Crippen molar-refractivity contribution in [1.29, 1.82) is 0 Å². The average molecular weight is 275 g/mol. The molecule has 1 unspecified atom stereocenters. The van der Waals surface area contributed by atoms with E-state index in [-0.39, 0.29) is 6.04 Å². The van der Waals surface area contributed by atoms with Crippen molar-refractivity contribution >= 4 is 5.78 Å². The Hall–Kier alpha value is -1.15. The second-order valence-corrected chi connectivity index (χ2v) is 5.61. The number of ketones is 1. The maximum absolute atomic E-state index is 11.8. The number of unbranched alkanes of at least 4 members (excludes halogenated alkanes) is 5. The highest BCUT2D eigenvalue weighted by atomic mass is 16.1. The van der Waals surface area contributed by atoms with E-state index in [4.69, 9.17) is 5.73 Å².